The van der Waals surface area contributed by atoms with Crippen LogP contribution in [0.4, 0.5) is 0 Å². The van der Waals surface area contributed by atoms with E-state index in [1.165, 1.54) is 25.7 Å². The molecule has 0 atom stereocenters. The molecule has 0 unspecified atom stereocenters. The number of hydrogen-bond donors (Lipinski definition) is 0. The van der Waals surface area contributed by atoms with Crippen molar-refractivity contribution in [3.05, 3.63) is 0 Å². The minimum Gasteiger partial charge on any atom is -0.466 e. The van der Waals surface area contributed by atoms with Crippen LogP contribution in [0, 0.1) is 5.92 Å². The van der Waals surface area contributed by atoms with E-state index in [-0.39, 0.29) is 12.3 Å². The number of amides is 1. The monoisotopic (exact) mass is 241 g/mol. The Labute approximate surface area is 103 Å². The molecule has 1 aliphatic carbocycles. The van der Waals surface area contributed by atoms with Gasteiger partial charge in [0.2, 0.25) is 5.91 Å². The second kappa shape index (κ2) is 7.30. The summed E-state index contributed by atoms with van der Waals surface area (Å²) in [5, 5.41) is 0. The van der Waals surface area contributed by atoms with Crippen molar-refractivity contribution in [3.63, 3.8) is 0 Å². The van der Waals surface area contributed by atoms with Crippen molar-refractivity contribution in [2.24, 2.45) is 5.92 Å². The Kier molecular flexibility index (Phi) is 6.01. The highest BCUT2D eigenvalue weighted by Gasteiger charge is 2.18. The van der Waals surface area contributed by atoms with Gasteiger partial charge in [0.1, 0.15) is 6.42 Å². The highest BCUT2D eigenvalue weighted by molar-refractivity contribution is 5.94. The van der Waals surface area contributed by atoms with Crippen LogP contribution in [0.3, 0.4) is 0 Å². The van der Waals surface area contributed by atoms with Crippen molar-refractivity contribution in [1.29, 1.82) is 0 Å². The fourth-order valence-corrected chi connectivity index (χ4v) is 2.27. The number of carbonyl (C=O) groups is 2. The molecule has 0 saturated heterocycles. The van der Waals surface area contributed by atoms with Crippen molar-refractivity contribution >= 4 is 11.9 Å². The van der Waals surface area contributed by atoms with Gasteiger partial charge in [-0.05, 0) is 19.3 Å². The normalized spacial score (nSPS) is 15.9. The van der Waals surface area contributed by atoms with E-state index in [2.05, 4.69) is 0 Å². The fourth-order valence-electron chi connectivity index (χ4n) is 2.27. The number of rotatable bonds is 6. The molecule has 0 spiro atoms. The minimum atomic E-state index is -0.426. The van der Waals surface area contributed by atoms with Crippen LogP contribution in [0.15, 0.2) is 0 Å². The quantitative estimate of drug-likeness (QED) is 0.527. The lowest BCUT2D eigenvalue weighted by atomic mass is 10.0. The lowest BCUT2D eigenvalue weighted by molar-refractivity contribution is -0.148. The lowest BCUT2D eigenvalue weighted by Crippen LogP contribution is -2.30. The first kappa shape index (κ1) is 14.0. The third-order valence-corrected chi connectivity index (χ3v) is 3.37. The Balaban J connectivity index is 2.19. The molecule has 17 heavy (non-hydrogen) atoms. The molecule has 0 heterocycles. The molecule has 0 aromatic rings. The van der Waals surface area contributed by atoms with E-state index in [1.54, 1.807) is 18.9 Å². The molecule has 0 radical (unpaired) electrons. The molecule has 0 aliphatic heterocycles. The van der Waals surface area contributed by atoms with E-state index in [1.807, 2.05) is 0 Å². The lowest BCUT2D eigenvalue weighted by Gasteiger charge is -2.18. The Morgan fingerprint density at radius 2 is 1.94 bits per heavy atom. The molecule has 1 fully saturated rings. The molecule has 0 N–H and O–H groups in total. The molecule has 4 nitrogen and oxygen atoms in total. The van der Waals surface area contributed by atoms with E-state index in [0.29, 0.717) is 6.61 Å². The Hall–Kier alpha value is -1.06. The molecule has 1 rings (SSSR count). The maximum Gasteiger partial charge on any atom is 0.315 e. The average Bonchev–Trinajstić information content (AvgIpc) is 2.78. The molecule has 0 bridgehead atoms. The molecule has 1 saturated carbocycles. The van der Waals surface area contributed by atoms with Gasteiger partial charge in [-0.3, -0.25) is 9.59 Å². The van der Waals surface area contributed by atoms with E-state index >= 15 is 0 Å². The highest BCUT2D eigenvalue weighted by Crippen LogP contribution is 2.27. The maximum atomic E-state index is 11.7. The van der Waals surface area contributed by atoms with Gasteiger partial charge < -0.3 is 9.64 Å². The molecule has 0 aromatic heterocycles. The summed E-state index contributed by atoms with van der Waals surface area (Å²) in [6.07, 6.45) is 6.16. The Morgan fingerprint density at radius 3 is 2.53 bits per heavy atom. The summed E-state index contributed by atoms with van der Waals surface area (Å²) in [7, 11) is 1.76. The second-order valence-electron chi connectivity index (χ2n) is 4.74. The van der Waals surface area contributed by atoms with Gasteiger partial charge in [0, 0.05) is 13.6 Å². The summed E-state index contributed by atoms with van der Waals surface area (Å²) in [4.78, 5) is 24.5. The summed E-state index contributed by atoms with van der Waals surface area (Å²) in [5.41, 5.74) is 0. The highest BCUT2D eigenvalue weighted by atomic mass is 16.5. The number of hydrogen-bond acceptors (Lipinski definition) is 3. The van der Waals surface area contributed by atoms with Crippen LogP contribution < -0.4 is 0 Å². The number of ether oxygens (including phenoxy) is 1. The molecule has 4 heteroatoms. The van der Waals surface area contributed by atoms with Crippen LogP contribution in [0.2, 0.25) is 0 Å². The van der Waals surface area contributed by atoms with Gasteiger partial charge in [0.25, 0.3) is 0 Å². The van der Waals surface area contributed by atoms with E-state index < -0.39 is 5.97 Å². The number of nitrogens with zero attached hydrogens (tertiary/aromatic N) is 1. The largest absolute Gasteiger partial charge is 0.466 e. The first-order valence-electron chi connectivity index (χ1n) is 6.53. The molecule has 1 aliphatic rings. The van der Waals surface area contributed by atoms with Gasteiger partial charge in [0.15, 0.2) is 0 Å². The van der Waals surface area contributed by atoms with Crippen molar-refractivity contribution in [2.75, 3.05) is 20.2 Å². The van der Waals surface area contributed by atoms with Gasteiger partial charge in [-0.15, -0.1) is 0 Å². The van der Waals surface area contributed by atoms with Crippen molar-refractivity contribution < 1.29 is 14.3 Å². The zero-order valence-corrected chi connectivity index (χ0v) is 10.9. The van der Waals surface area contributed by atoms with E-state index in [4.69, 9.17) is 4.74 Å². The standard InChI is InChI=1S/C13H23NO3/c1-3-17-13(16)10-12(15)14(2)9-8-11-6-4-5-7-11/h11H,3-10H2,1-2H3. The van der Waals surface area contributed by atoms with Gasteiger partial charge in [0.05, 0.1) is 6.61 Å². The third kappa shape index (κ3) is 5.20. The third-order valence-electron chi connectivity index (χ3n) is 3.37. The van der Waals surface area contributed by atoms with Gasteiger partial charge in [-0.1, -0.05) is 25.7 Å². The van der Waals surface area contributed by atoms with Gasteiger partial charge >= 0.3 is 5.97 Å². The van der Waals surface area contributed by atoms with Gasteiger partial charge in [-0.25, -0.2) is 0 Å². The van der Waals surface area contributed by atoms with Crippen molar-refractivity contribution in [3.8, 4) is 0 Å². The summed E-state index contributed by atoms with van der Waals surface area (Å²) in [6.45, 7) is 2.83. The summed E-state index contributed by atoms with van der Waals surface area (Å²) < 4.78 is 4.75. The summed E-state index contributed by atoms with van der Waals surface area (Å²) in [6, 6.07) is 0. The SMILES string of the molecule is CCOC(=O)CC(=O)N(C)CCC1CCCC1. The molecular formula is C13H23NO3. The van der Waals surface area contributed by atoms with Gasteiger partial charge in [-0.2, -0.15) is 0 Å². The van der Waals surface area contributed by atoms with Crippen molar-refractivity contribution in [1.82, 2.24) is 4.90 Å². The van der Waals surface area contributed by atoms with E-state index in [9.17, 15) is 9.59 Å². The second-order valence-corrected chi connectivity index (χ2v) is 4.74. The first-order valence-corrected chi connectivity index (χ1v) is 6.53. The van der Waals surface area contributed by atoms with Crippen LogP contribution in [-0.2, 0) is 14.3 Å². The van der Waals surface area contributed by atoms with Crippen LogP contribution in [0.5, 0.6) is 0 Å². The molecule has 98 valence electrons. The van der Waals surface area contributed by atoms with Crippen LogP contribution in [0.1, 0.15) is 45.4 Å². The van der Waals surface area contributed by atoms with E-state index in [0.717, 1.165) is 18.9 Å². The molecule has 0 aromatic carbocycles. The minimum absolute atomic E-state index is 0.130. The molecular weight excluding hydrogens is 218 g/mol. The summed E-state index contributed by atoms with van der Waals surface area (Å²) >= 11 is 0. The zero-order chi connectivity index (χ0) is 12.7. The topological polar surface area (TPSA) is 46.6 Å². The fraction of sp³-hybridized carbons (Fsp3) is 0.846. The van der Waals surface area contributed by atoms with Crippen LogP contribution in [0.25, 0.3) is 0 Å². The summed E-state index contributed by atoms with van der Waals surface area (Å²) in [5.74, 6) is 0.208. The van der Waals surface area contributed by atoms with Crippen LogP contribution in [-0.4, -0.2) is 37.0 Å². The number of esters is 1. The van der Waals surface area contributed by atoms with Crippen molar-refractivity contribution in [2.45, 2.75) is 45.4 Å². The predicted octanol–water partition coefficient (Wildman–Crippen LogP) is 1.98. The number of carbonyl (C=O) groups excluding carboxylic acids is 2. The average molecular weight is 241 g/mol. The molecule has 1 amide bonds. The smallest absolute Gasteiger partial charge is 0.315 e. The van der Waals surface area contributed by atoms with Crippen LogP contribution >= 0.6 is 0 Å². The maximum absolute atomic E-state index is 11.7. The first-order chi connectivity index (χ1) is 8.13. The Bertz CT molecular complexity index is 259. The Morgan fingerprint density at radius 1 is 1.29 bits per heavy atom. The predicted molar refractivity (Wildman–Crippen MR) is 65.5 cm³/mol. The zero-order valence-electron chi connectivity index (χ0n) is 10.9.